The zero-order chi connectivity index (χ0) is 24.4. The molecule has 8 nitrogen and oxygen atoms in total. The van der Waals surface area contributed by atoms with E-state index in [0.717, 1.165) is 24.0 Å². The molecule has 3 heterocycles. The van der Waals surface area contributed by atoms with Crippen LogP contribution in [0.15, 0.2) is 54.9 Å². The molecule has 1 saturated heterocycles. The van der Waals surface area contributed by atoms with Crippen LogP contribution in [-0.4, -0.2) is 46.3 Å². The highest BCUT2D eigenvalue weighted by Gasteiger charge is 2.33. The molecule has 2 N–H and O–H groups in total. The molecule has 2 atom stereocenters. The van der Waals surface area contributed by atoms with Gasteiger partial charge in [-0.2, -0.15) is 5.10 Å². The number of carbonyl (C=O) groups excluding carboxylic acids is 2. The lowest BCUT2D eigenvalue weighted by molar-refractivity contribution is -0.118. The summed E-state index contributed by atoms with van der Waals surface area (Å²) in [7, 11) is 1.88. The SMILES string of the molecule is Cn1cc(-c2ccc3c(c2)OCC[C@H]2CN(C(=O)Nc4cccc(Cl)c4)CC[C@H]2CC(=O)N3)cn1. The molecule has 9 heteroatoms. The number of nitrogens with zero attached hydrogens (tertiary/aromatic N) is 3. The fourth-order valence-corrected chi connectivity index (χ4v) is 5.07. The van der Waals surface area contributed by atoms with E-state index >= 15 is 0 Å². The lowest BCUT2D eigenvalue weighted by atomic mass is 9.81. The maximum Gasteiger partial charge on any atom is 0.321 e. The van der Waals surface area contributed by atoms with E-state index in [4.69, 9.17) is 16.3 Å². The predicted octanol–water partition coefficient (Wildman–Crippen LogP) is 5.02. The number of piperidine rings is 1. The van der Waals surface area contributed by atoms with Crippen LogP contribution in [0.5, 0.6) is 5.75 Å². The first-order chi connectivity index (χ1) is 16.9. The van der Waals surface area contributed by atoms with Crippen LogP contribution in [0.1, 0.15) is 19.3 Å². The summed E-state index contributed by atoms with van der Waals surface area (Å²) >= 11 is 6.04. The number of anilines is 2. The van der Waals surface area contributed by atoms with Gasteiger partial charge in [0.15, 0.2) is 0 Å². The molecule has 0 aliphatic carbocycles. The Kier molecular flexibility index (Phi) is 6.63. The monoisotopic (exact) mass is 493 g/mol. The number of benzene rings is 2. The van der Waals surface area contributed by atoms with Crippen LogP contribution in [0, 0.1) is 11.8 Å². The molecule has 2 aliphatic rings. The van der Waals surface area contributed by atoms with E-state index in [-0.39, 0.29) is 23.8 Å². The number of likely N-dealkylation sites (tertiary alicyclic amines) is 1. The maximum atomic E-state index is 12.9. The van der Waals surface area contributed by atoms with E-state index < -0.39 is 0 Å². The highest BCUT2D eigenvalue weighted by atomic mass is 35.5. The number of urea groups is 1. The van der Waals surface area contributed by atoms with Gasteiger partial charge in [-0.15, -0.1) is 0 Å². The Morgan fingerprint density at radius 1 is 1.17 bits per heavy atom. The van der Waals surface area contributed by atoms with Gasteiger partial charge in [-0.1, -0.05) is 23.7 Å². The van der Waals surface area contributed by atoms with E-state index in [9.17, 15) is 9.59 Å². The molecule has 5 rings (SSSR count). The van der Waals surface area contributed by atoms with Gasteiger partial charge in [-0.3, -0.25) is 9.48 Å². The van der Waals surface area contributed by atoms with Crippen LogP contribution in [-0.2, 0) is 11.8 Å². The molecule has 3 amide bonds. The number of ether oxygens (including phenoxy) is 1. The number of amides is 3. The number of aryl methyl sites for hydroxylation is 1. The van der Waals surface area contributed by atoms with E-state index in [0.29, 0.717) is 48.3 Å². The largest absolute Gasteiger partial charge is 0.491 e. The second-order valence-corrected chi connectivity index (χ2v) is 9.63. The highest BCUT2D eigenvalue weighted by molar-refractivity contribution is 6.30. The summed E-state index contributed by atoms with van der Waals surface area (Å²) in [5.41, 5.74) is 3.30. The number of aromatic nitrogens is 2. The van der Waals surface area contributed by atoms with Gasteiger partial charge in [0.05, 0.1) is 18.5 Å². The standard InChI is InChI=1S/C26H28ClN5O3/c1-31-15-20(14-28-31)17-5-6-23-24(11-17)35-10-8-19-16-32(9-7-18(19)12-25(33)30-23)26(34)29-22-4-2-3-21(27)13-22/h2-6,11,13-15,18-19H,7-10,12,16H2,1H3,(H,29,34)(H,30,33)/t18-,19-/m0/s1. The minimum atomic E-state index is -0.153. The van der Waals surface area contributed by atoms with Gasteiger partial charge >= 0.3 is 6.03 Å². The number of fused-ring (bicyclic) bond motifs is 2. The van der Waals surface area contributed by atoms with Crippen molar-refractivity contribution < 1.29 is 14.3 Å². The van der Waals surface area contributed by atoms with Gasteiger partial charge < -0.3 is 20.3 Å². The first-order valence-corrected chi connectivity index (χ1v) is 12.2. The second kappa shape index (κ2) is 10.00. The van der Waals surface area contributed by atoms with Crippen molar-refractivity contribution in [2.45, 2.75) is 19.3 Å². The number of rotatable bonds is 2. The van der Waals surface area contributed by atoms with Gasteiger partial charge in [-0.25, -0.2) is 4.79 Å². The van der Waals surface area contributed by atoms with Gasteiger partial charge in [0.1, 0.15) is 5.75 Å². The quantitative estimate of drug-likeness (QED) is 0.524. The average Bonchev–Trinajstić information content (AvgIpc) is 3.27. The van der Waals surface area contributed by atoms with Gasteiger partial charge in [0.25, 0.3) is 0 Å². The van der Waals surface area contributed by atoms with Crippen LogP contribution in [0.2, 0.25) is 5.02 Å². The molecule has 0 unspecified atom stereocenters. The highest BCUT2D eigenvalue weighted by Crippen LogP contribution is 2.35. The lowest BCUT2D eigenvalue weighted by Gasteiger charge is -2.39. The summed E-state index contributed by atoms with van der Waals surface area (Å²) in [5.74, 6) is 0.981. The predicted molar refractivity (Wildman–Crippen MR) is 136 cm³/mol. The van der Waals surface area contributed by atoms with Crippen molar-refractivity contribution >= 4 is 34.9 Å². The third kappa shape index (κ3) is 5.43. The number of carbonyl (C=O) groups is 2. The summed E-state index contributed by atoms with van der Waals surface area (Å²) in [6, 6.07) is 12.8. The first kappa shape index (κ1) is 23.2. The average molecular weight is 494 g/mol. The Morgan fingerprint density at radius 2 is 2.06 bits per heavy atom. The summed E-state index contributed by atoms with van der Waals surface area (Å²) in [6.45, 7) is 1.69. The maximum absolute atomic E-state index is 12.9. The molecule has 2 aliphatic heterocycles. The van der Waals surface area contributed by atoms with Gasteiger partial charge in [0, 0.05) is 49.0 Å². The Hall–Kier alpha value is -3.52. The van der Waals surface area contributed by atoms with Crippen molar-refractivity contribution in [1.82, 2.24) is 14.7 Å². The Labute approximate surface area is 209 Å². The van der Waals surface area contributed by atoms with E-state index in [1.807, 2.05) is 42.4 Å². The van der Waals surface area contributed by atoms with Crippen LogP contribution in [0.4, 0.5) is 16.2 Å². The zero-order valence-electron chi connectivity index (χ0n) is 19.5. The third-order valence-corrected chi connectivity index (χ3v) is 6.98. The minimum absolute atomic E-state index is 0.0299. The van der Waals surface area contributed by atoms with Crippen LogP contribution >= 0.6 is 11.6 Å². The number of halogens is 1. The van der Waals surface area contributed by atoms with Crippen molar-refractivity contribution in [3.05, 3.63) is 59.9 Å². The molecule has 0 spiro atoms. The molecular formula is C26H28ClN5O3. The van der Waals surface area contributed by atoms with Crippen LogP contribution in [0.3, 0.4) is 0 Å². The molecule has 0 radical (unpaired) electrons. The first-order valence-electron chi connectivity index (χ1n) is 11.8. The second-order valence-electron chi connectivity index (χ2n) is 9.20. The number of hydrogen-bond acceptors (Lipinski definition) is 4. The fraction of sp³-hybridized carbons (Fsp3) is 0.346. The summed E-state index contributed by atoms with van der Waals surface area (Å²) < 4.78 is 7.91. The smallest absolute Gasteiger partial charge is 0.321 e. The number of hydrogen-bond donors (Lipinski definition) is 2. The summed E-state index contributed by atoms with van der Waals surface area (Å²) in [4.78, 5) is 27.6. The molecule has 3 aromatic rings. The zero-order valence-corrected chi connectivity index (χ0v) is 20.3. The Morgan fingerprint density at radius 3 is 2.86 bits per heavy atom. The molecule has 35 heavy (non-hydrogen) atoms. The molecule has 2 aromatic carbocycles. The minimum Gasteiger partial charge on any atom is -0.491 e. The van der Waals surface area contributed by atoms with Crippen LogP contribution in [0.25, 0.3) is 11.1 Å². The molecule has 0 saturated carbocycles. The van der Waals surface area contributed by atoms with Gasteiger partial charge in [0.2, 0.25) is 5.91 Å². The van der Waals surface area contributed by atoms with Gasteiger partial charge in [-0.05, 0) is 60.6 Å². The molecular weight excluding hydrogens is 466 g/mol. The van der Waals surface area contributed by atoms with Crippen molar-refractivity contribution in [2.24, 2.45) is 18.9 Å². The topological polar surface area (TPSA) is 88.5 Å². The van der Waals surface area contributed by atoms with E-state index in [1.165, 1.54) is 0 Å². The molecule has 1 aromatic heterocycles. The van der Waals surface area contributed by atoms with Crippen LogP contribution < -0.4 is 15.4 Å². The van der Waals surface area contributed by atoms with E-state index in [2.05, 4.69) is 15.7 Å². The number of nitrogens with one attached hydrogen (secondary N) is 2. The van der Waals surface area contributed by atoms with Crippen molar-refractivity contribution in [3.8, 4) is 16.9 Å². The van der Waals surface area contributed by atoms with Crippen molar-refractivity contribution in [3.63, 3.8) is 0 Å². The fourth-order valence-electron chi connectivity index (χ4n) is 4.88. The normalized spacial score (nSPS) is 20.2. The lowest BCUT2D eigenvalue weighted by Crippen LogP contribution is -2.46. The molecule has 182 valence electrons. The summed E-state index contributed by atoms with van der Waals surface area (Å²) in [6.07, 6.45) is 5.70. The molecule has 1 fully saturated rings. The summed E-state index contributed by atoms with van der Waals surface area (Å²) in [5, 5.41) is 10.8. The van der Waals surface area contributed by atoms with Crippen molar-refractivity contribution in [2.75, 3.05) is 30.3 Å². The third-order valence-electron chi connectivity index (χ3n) is 6.74. The van der Waals surface area contributed by atoms with E-state index in [1.54, 1.807) is 29.1 Å². The van der Waals surface area contributed by atoms with Crippen molar-refractivity contribution in [1.29, 1.82) is 0 Å². The Bertz CT molecular complexity index is 1240. The molecule has 0 bridgehead atoms. The Balaban J connectivity index is 1.28.